The standard InChI is InChI=1S/C22H27N5O3/c1-6-19-18(13-23-27(19)20-10-11-21(29-5)26-25-20)22(28)24-15(4)16-8-7-9-17(12-16)30-14(2)3/h7-15H,6H2,1-5H3,(H,24,28). The quantitative estimate of drug-likeness (QED) is 0.612. The van der Waals surface area contributed by atoms with Gasteiger partial charge < -0.3 is 14.8 Å². The van der Waals surface area contributed by atoms with E-state index < -0.39 is 0 Å². The zero-order valence-electron chi connectivity index (χ0n) is 17.9. The minimum Gasteiger partial charge on any atom is -0.491 e. The van der Waals surface area contributed by atoms with Crippen LogP contribution in [0, 0.1) is 0 Å². The van der Waals surface area contributed by atoms with Crippen LogP contribution in [0.1, 0.15) is 55.4 Å². The van der Waals surface area contributed by atoms with Crippen LogP contribution >= 0.6 is 0 Å². The fraction of sp³-hybridized carbons (Fsp3) is 0.364. The van der Waals surface area contributed by atoms with Crippen molar-refractivity contribution >= 4 is 5.91 Å². The molecule has 1 atom stereocenters. The van der Waals surface area contributed by atoms with Crippen molar-refractivity contribution in [2.45, 2.75) is 46.3 Å². The molecule has 0 bridgehead atoms. The normalized spacial score (nSPS) is 11.9. The summed E-state index contributed by atoms with van der Waals surface area (Å²) in [6.07, 6.45) is 2.26. The maximum absolute atomic E-state index is 13.0. The number of amides is 1. The van der Waals surface area contributed by atoms with Crippen molar-refractivity contribution < 1.29 is 14.3 Å². The van der Waals surface area contributed by atoms with Crippen LogP contribution in [0.25, 0.3) is 5.82 Å². The first kappa shape index (κ1) is 21.3. The van der Waals surface area contributed by atoms with E-state index in [0.717, 1.165) is 17.0 Å². The second-order valence-electron chi connectivity index (χ2n) is 7.14. The van der Waals surface area contributed by atoms with Crippen LogP contribution in [-0.4, -0.2) is 39.1 Å². The highest BCUT2D eigenvalue weighted by molar-refractivity contribution is 5.95. The van der Waals surface area contributed by atoms with Crippen LogP contribution in [0.3, 0.4) is 0 Å². The van der Waals surface area contributed by atoms with Crippen LogP contribution in [0.5, 0.6) is 11.6 Å². The van der Waals surface area contributed by atoms with Gasteiger partial charge in [-0.1, -0.05) is 19.1 Å². The Morgan fingerprint density at radius 1 is 1.17 bits per heavy atom. The fourth-order valence-corrected chi connectivity index (χ4v) is 3.12. The summed E-state index contributed by atoms with van der Waals surface area (Å²) in [6, 6.07) is 11.0. The summed E-state index contributed by atoms with van der Waals surface area (Å²) in [5.74, 6) is 1.53. The molecule has 0 radical (unpaired) electrons. The van der Waals surface area contributed by atoms with Crippen molar-refractivity contribution in [3.8, 4) is 17.4 Å². The summed E-state index contributed by atoms with van der Waals surface area (Å²) in [6.45, 7) is 7.87. The first-order valence-corrected chi connectivity index (χ1v) is 9.95. The molecule has 0 aliphatic rings. The maximum Gasteiger partial charge on any atom is 0.255 e. The maximum atomic E-state index is 13.0. The van der Waals surface area contributed by atoms with Gasteiger partial charge in [-0.25, -0.2) is 4.68 Å². The number of hydrogen-bond donors (Lipinski definition) is 1. The largest absolute Gasteiger partial charge is 0.491 e. The number of aromatic nitrogens is 4. The van der Waals surface area contributed by atoms with Crippen molar-refractivity contribution in [1.82, 2.24) is 25.3 Å². The monoisotopic (exact) mass is 409 g/mol. The number of rotatable bonds is 8. The Hall–Kier alpha value is -3.42. The van der Waals surface area contributed by atoms with Crippen LogP contribution < -0.4 is 14.8 Å². The third-order valence-electron chi connectivity index (χ3n) is 4.58. The summed E-state index contributed by atoms with van der Waals surface area (Å²) >= 11 is 0. The molecular formula is C22H27N5O3. The van der Waals surface area contributed by atoms with E-state index in [1.165, 1.54) is 7.11 Å². The van der Waals surface area contributed by atoms with Crippen molar-refractivity contribution in [1.29, 1.82) is 0 Å². The van der Waals surface area contributed by atoms with E-state index in [-0.39, 0.29) is 18.1 Å². The molecule has 0 aliphatic carbocycles. The Morgan fingerprint density at radius 2 is 1.97 bits per heavy atom. The molecule has 3 rings (SSSR count). The highest BCUT2D eigenvalue weighted by Crippen LogP contribution is 2.21. The average molecular weight is 409 g/mol. The van der Waals surface area contributed by atoms with E-state index in [9.17, 15) is 4.79 Å². The van der Waals surface area contributed by atoms with E-state index in [1.807, 2.05) is 52.0 Å². The molecule has 158 valence electrons. The molecule has 1 amide bonds. The summed E-state index contributed by atoms with van der Waals surface area (Å²) in [4.78, 5) is 13.0. The number of ether oxygens (including phenoxy) is 2. The molecule has 30 heavy (non-hydrogen) atoms. The average Bonchev–Trinajstić information content (AvgIpc) is 3.17. The molecule has 2 heterocycles. The predicted octanol–water partition coefficient (Wildman–Crippen LogP) is 3.51. The Morgan fingerprint density at radius 3 is 2.60 bits per heavy atom. The number of carbonyl (C=O) groups excluding carboxylic acids is 1. The van der Waals surface area contributed by atoms with Gasteiger partial charge in [0.2, 0.25) is 5.88 Å². The third-order valence-corrected chi connectivity index (χ3v) is 4.58. The Kier molecular flexibility index (Phi) is 6.66. The van der Waals surface area contributed by atoms with E-state index in [4.69, 9.17) is 9.47 Å². The molecule has 8 nitrogen and oxygen atoms in total. The van der Waals surface area contributed by atoms with Gasteiger partial charge in [0.05, 0.1) is 36.7 Å². The zero-order chi connectivity index (χ0) is 21.7. The van der Waals surface area contributed by atoms with Gasteiger partial charge in [-0.2, -0.15) is 5.10 Å². The third kappa shape index (κ3) is 4.76. The molecule has 1 unspecified atom stereocenters. The molecule has 2 aromatic heterocycles. The lowest BCUT2D eigenvalue weighted by Crippen LogP contribution is -2.27. The Labute approximate surface area is 176 Å². The zero-order valence-corrected chi connectivity index (χ0v) is 17.9. The summed E-state index contributed by atoms with van der Waals surface area (Å²) in [5.41, 5.74) is 2.24. The Balaban J connectivity index is 1.79. The van der Waals surface area contributed by atoms with Gasteiger partial charge in [0.25, 0.3) is 5.91 Å². The lowest BCUT2D eigenvalue weighted by Gasteiger charge is -2.17. The van der Waals surface area contributed by atoms with Crippen molar-refractivity contribution in [2.75, 3.05) is 7.11 Å². The second kappa shape index (κ2) is 9.39. The lowest BCUT2D eigenvalue weighted by molar-refractivity contribution is 0.0938. The first-order chi connectivity index (χ1) is 14.4. The lowest BCUT2D eigenvalue weighted by atomic mass is 10.1. The topological polar surface area (TPSA) is 91.2 Å². The minimum atomic E-state index is -0.193. The van der Waals surface area contributed by atoms with Crippen LogP contribution in [0.4, 0.5) is 0 Å². The van der Waals surface area contributed by atoms with E-state index in [2.05, 4.69) is 20.6 Å². The Bertz CT molecular complexity index is 998. The number of hydrogen-bond acceptors (Lipinski definition) is 6. The molecule has 8 heteroatoms. The van der Waals surface area contributed by atoms with Crippen LogP contribution in [0.2, 0.25) is 0 Å². The molecule has 1 N–H and O–H groups in total. The van der Waals surface area contributed by atoms with Gasteiger partial charge in [-0.3, -0.25) is 4.79 Å². The van der Waals surface area contributed by atoms with Crippen LogP contribution in [-0.2, 0) is 6.42 Å². The summed E-state index contributed by atoms with van der Waals surface area (Å²) < 4.78 is 12.4. The van der Waals surface area contributed by atoms with Gasteiger partial charge in [-0.15, -0.1) is 10.2 Å². The van der Waals surface area contributed by atoms with Gasteiger partial charge in [0.1, 0.15) is 5.75 Å². The molecule has 1 aromatic carbocycles. The summed E-state index contributed by atoms with van der Waals surface area (Å²) in [5, 5.41) is 15.5. The number of nitrogens with zero attached hydrogens (tertiary/aromatic N) is 4. The van der Waals surface area contributed by atoms with E-state index >= 15 is 0 Å². The minimum absolute atomic E-state index is 0.0872. The molecular weight excluding hydrogens is 382 g/mol. The molecule has 3 aromatic rings. The number of benzene rings is 1. The SMILES string of the molecule is CCc1c(C(=O)NC(C)c2cccc(OC(C)C)c2)cnn1-c1ccc(OC)nn1. The highest BCUT2D eigenvalue weighted by Gasteiger charge is 2.20. The van der Waals surface area contributed by atoms with Gasteiger partial charge in [0.15, 0.2) is 5.82 Å². The van der Waals surface area contributed by atoms with Gasteiger partial charge in [-0.05, 0) is 51.0 Å². The van der Waals surface area contributed by atoms with Crippen molar-refractivity contribution in [2.24, 2.45) is 0 Å². The van der Waals surface area contributed by atoms with Gasteiger partial charge in [0, 0.05) is 6.07 Å². The fourth-order valence-electron chi connectivity index (χ4n) is 3.12. The predicted molar refractivity (Wildman–Crippen MR) is 113 cm³/mol. The molecule has 0 fully saturated rings. The first-order valence-electron chi connectivity index (χ1n) is 9.95. The molecule has 0 spiro atoms. The molecule has 0 saturated carbocycles. The van der Waals surface area contributed by atoms with Gasteiger partial charge >= 0.3 is 0 Å². The number of nitrogens with one attached hydrogen (secondary N) is 1. The second-order valence-corrected chi connectivity index (χ2v) is 7.14. The molecule has 0 saturated heterocycles. The van der Waals surface area contributed by atoms with E-state index in [0.29, 0.717) is 23.7 Å². The van der Waals surface area contributed by atoms with Crippen molar-refractivity contribution in [3.05, 3.63) is 59.4 Å². The smallest absolute Gasteiger partial charge is 0.255 e. The number of methoxy groups -OCH3 is 1. The van der Waals surface area contributed by atoms with E-state index in [1.54, 1.807) is 23.0 Å². The van der Waals surface area contributed by atoms with Crippen molar-refractivity contribution in [3.63, 3.8) is 0 Å². The highest BCUT2D eigenvalue weighted by atomic mass is 16.5. The molecule has 0 aliphatic heterocycles. The summed E-state index contributed by atoms with van der Waals surface area (Å²) in [7, 11) is 1.53. The van der Waals surface area contributed by atoms with Crippen LogP contribution in [0.15, 0.2) is 42.6 Å². The number of carbonyl (C=O) groups is 1.